The molecule has 1 amide bonds. The first kappa shape index (κ1) is 17.1. The number of rotatable bonds is 6. The van der Waals surface area contributed by atoms with Gasteiger partial charge in [-0.05, 0) is 23.1 Å². The van der Waals surface area contributed by atoms with Gasteiger partial charge in [0.25, 0.3) is 5.91 Å². The number of nitrogens with two attached hydrogens (primary N) is 2. The topological polar surface area (TPSA) is 123 Å². The van der Waals surface area contributed by atoms with Gasteiger partial charge in [-0.15, -0.1) is 0 Å². The van der Waals surface area contributed by atoms with E-state index in [1.54, 1.807) is 54.6 Å². The molecule has 0 aromatic heterocycles. The normalized spacial score (nSPS) is 14.2. The number of hydrogen-bond donors (Lipinski definition) is 3. The van der Waals surface area contributed by atoms with Gasteiger partial charge in [0.05, 0.1) is 5.75 Å². The maximum atomic E-state index is 11.8. The Balaban J connectivity index is 2.33. The van der Waals surface area contributed by atoms with E-state index >= 15 is 0 Å². The molecule has 2 aromatic carbocycles. The summed E-state index contributed by atoms with van der Waals surface area (Å²) in [7, 11) is -3.54. The summed E-state index contributed by atoms with van der Waals surface area (Å²) in [6.07, 6.45) is 0.249. The van der Waals surface area contributed by atoms with E-state index in [0.717, 1.165) is 5.56 Å². The predicted molar refractivity (Wildman–Crippen MR) is 86.8 cm³/mol. The molecule has 6 nitrogen and oxygen atoms in total. The maximum Gasteiger partial charge on any atom is 0.258 e. The van der Waals surface area contributed by atoms with E-state index in [2.05, 4.69) is 0 Å². The van der Waals surface area contributed by atoms with E-state index in [9.17, 15) is 18.3 Å². The zero-order chi connectivity index (χ0) is 17.1. The molecule has 1 atom stereocenters. The molecule has 0 aliphatic rings. The average Bonchev–Trinajstić information content (AvgIpc) is 2.52. The van der Waals surface area contributed by atoms with E-state index in [4.69, 9.17) is 10.9 Å². The molecule has 0 saturated heterocycles. The van der Waals surface area contributed by atoms with Gasteiger partial charge in [0.2, 0.25) is 10.0 Å². The molecule has 0 spiro atoms. The summed E-state index contributed by atoms with van der Waals surface area (Å²) in [4.78, 5) is 11.8. The van der Waals surface area contributed by atoms with Gasteiger partial charge in [0, 0.05) is 0 Å². The van der Waals surface area contributed by atoms with Crippen LogP contribution in [0, 0.1) is 0 Å². The number of amides is 1. The first-order valence-electron chi connectivity index (χ1n) is 6.91. The smallest absolute Gasteiger partial charge is 0.258 e. The van der Waals surface area contributed by atoms with Crippen LogP contribution in [0.25, 0.3) is 0 Å². The number of primary sulfonamides is 1. The van der Waals surface area contributed by atoms with E-state index in [1.165, 1.54) is 0 Å². The van der Waals surface area contributed by atoms with Crippen LogP contribution in [0.2, 0.25) is 0 Å². The summed E-state index contributed by atoms with van der Waals surface area (Å²) >= 11 is 0. The van der Waals surface area contributed by atoms with Crippen molar-refractivity contribution in [2.45, 2.75) is 12.0 Å². The zero-order valence-electron chi connectivity index (χ0n) is 12.3. The number of carbonyl (C=O) groups is 1. The van der Waals surface area contributed by atoms with E-state index in [-0.39, 0.29) is 12.2 Å². The van der Waals surface area contributed by atoms with Crippen molar-refractivity contribution in [2.75, 3.05) is 5.75 Å². The van der Waals surface area contributed by atoms with Crippen LogP contribution in [0.15, 0.2) is 54.6 Å². The number of hydrogen-bond acceptors (Lipinski definition) is 4. The minimum absolute atomic E-state index is 0.175. The van der Waals surface area contributed by atoms with Crippen LogP contribution in [-0.4, -0.2) is 25.2 Å². The fourth-order valence-corrected chi connectivity index (χ4v) is 2.82. The second kappa shape index (κ2) is 6.49. The van der Waals surface area contributed by atoms with Gasteiger partial charge in [-0.3, -0.25) is 4.79 Å². The second-order valence-corrected chi connectivity index (χ2v) is 6.99. The van der Waals surface area contributed by atoms with Crippen molar-refractivity contribution < 1.29 is 18.3 Å². The van der Waals surface area contributed by atoms with Crippen LogP contribution in [0.1, 0.15) is 16.7 Å². The van der Waals surface area contributed by atoms with E-state index < -0.39 is 21.5 Å². The highest BCUT2D eigenvalue weighted by molar-refractivity contribution is 7.89. The van der Waals surface area contributed by atoms with Crippen LogP contribution >= 0.6 is 0 Å². The monoisotopic (exact) mass is 334 g/mol. The maximum absolute atomic E-state index is 11.8. The number of benzene rings is 2. The lowest BCUT2D eigenvalue weighted by molar-refractivity contribution is -0.133. The molecule has 2 rings (SSSR count). The summed E-state index contributed by atoms with van der Waals surface area (Å²) in [5.41, 5.74) is 4.86. The molecule has 7 heteroatoms. The Kier molecular flexibility index (Phi) is 4.84. The van der Waals surface area contributed by atoms with E-state index in [1.807, 2.05) is 0 Å². The molecule has 0 radical (unpaired) electrons. The first-order valence-corrected chi connectivity index (χ1v) is 8.63. The lowest BCUT2D eigenvalue weighted by Crippen LogP contribution is -2.42. The highest BCUT2D eigenvalue weighted by atomic mass is 32.2. The standard InChI is InChI=1S/C16H18N2O4S/c17-15(19)16(20,13-4-2-1-3-5-13)14-8-6-12(7-9-14)10-11-23(18,21)22/h1-9,20H,10-11H2,(H2,17,19)(H2,18,21,22). The molecule has 1 unspecified atom stereocenters. The Hall–Kier alpha value is -2.22. The minimum Gasteiger partial charge on any atom is -0.372 e. The van der Waals surface area contributed by atoms with Gasteiger partial charge in [-0.1, -0.05) is 54.6 Å². The van der Waals surface area contributed by atoms with Gasteiger partial charge in [0.1, 0.15) is 0 Å². The summed E-state index contributed by atoms with van der Waals surface area (Å²) in [5, 5.41) is 15.8. The lowest BCUT2D eigenvalue weighted by Gasteiger charge is -2.25. The predicted octanol–water partition coefficient (Wildman–Crippen LogP) is 0.239. The van der Waals surface area contributed by atoms with Crippen LogP contribution in [-0.2, 0) is 26.8 Å². The third-order valence-corrected chi connectivity index (χ3v) is 4.37. The number of aryl methyl sites for hydroxylation is 1. The van der Waals surface area contributed by atoms with Gasteiger partial charge in [-0.2, -0.15) is 0 Å². The summed E-state index contributed by atoms with van der Waals surface area (Å²) in [6.45, 7) is 0. The highest BCUT2D eigenvalue weighted by Gasteiger charge is 2.37. The molecule has 122 valence electrons. The van der Waals surface area contributed by atoms with Crippen molar-refractivity contribution in [3.63, 3.8) is 0 Å². The van der Waals surface area contributed by atoms with E-state index in [0.29, 0.717) is 11.1 Å². The van der Waals surface area contributed by atoms with Crippen molar-refractivity contribution in [3.8, 4) is 0 Å². The quantitative estimate of drug-likeness (QED) is 0.700. The molecule has 0 aliphatic heterocycles. The Morgan fingerprint density at radius 2 is 1.52 bits per heavy atom. The molecule has 0 aliphatic carbocycles. The van der Waals surface area contributed by atoms with Gasteiger partial charge in [-0.25, -0.2) is 13.6 Å². The third-order valence-electron chi connectivity index (χ3n) is 3.60. The van der Waals surface area contributed by atoms with Crippen molar-refractivity contribution in [1.29, 1.82) is 0 Å². The van der Waals surface area contributed by atoms with Gasteiger partial charge >= 0.3 is 0 Å². The molecule has 0 heterocycles. The van der Waals surface area contributed by atoms with Crippen molar-refractivity contribution in [1.82, 2.24) is 0 Å². The molecule has 0 fully saturated rings. The Morgan fingerprint density at radius 3 is 2.00 bits per heavy atom. The average molecular weight is 334 g/mol. The van der Waals surface area contributed by atoms with Gasteiger partial charge in [0.15, 0.2) is 5.60 Å². The Labute approximate surface area is 134 Å². The van der Waals surface area contributed by atoms with Crippen molar-refractivity contribution >= 4 is 15.9 Å². The fraction of sp³-hybridized carbons (Fsp3) is 0.188. The number of aliphatic hydroxyl groups is 1. The summed E-state index contributed by atoms with van der Waals surface area (Å²) in [5.74, 6) is -1.06. The minimum atomic E-state index is -3.54. The fourth-order valence-electron chi connectivity index (χ4n) is 2.30. The van der Waals surface area contributed by atoms with Crippen molar-refractivity contribution in [2.24, 2.45) is 10.9 Å². The molecule has 0 bridgehead atoms. The molecule has 23 heavy (non-hydrogen) atoms. The van der Waals surface area contributed by atoms with Crippen LogP contribution in [0.4, 0.5) is 0 Å². The molecular weight excluding hydrogens is 316 g/mol. The molecule has 0 saturated carbocycles. The Bertz CT molecular complexity index is 789. The van der Waals surface area contributed by atoms with Crippen LogP contribution in [0.5, 0.6) is 0 Å². The van der Waals surface area contributed by atoms with Gasteiger partial charge < -0.3 is 10.8 Å². The summed E-state index contributed by atoms with van der Waals surface area (Å²) < 4.78 is 22.0. The van der Waals surface area contributed by atoms with Crippen LogP contribution < -0.4 is 10.9 Å². The zero-order valence-corrected chi connectivity index (χ0v) is 13.2. The largest absolute Gasteiger partial charge is 0.372 e. The number of sulfonamides is 1. The lowest BCUT2D eigenvalue weighted by atomic mass is 9.85. The number of carbonyl (C=O) groups excluding carboxylic acids is 1. The third kappa shape index (κ3) is 3.95. The van der Waals surface area contributed by atoms with Crippen molar-refractivity contribution in [3.05, 3.63) is 71.3 Å². The highest BCUT2D eigenvalue weighted by Crippen LogP contribution is 2.29. The van der Waals surface area contributed by atoms with Crippen LogP contribution in [0.3, 0.4) is 0 Å². The number of primary amides is 1. The Morgan fingerprint density at radius 1 is 1.00 bits per heavy atom. The summed E-state index contributed by atoms with van der Waals surface area (Å²) in [6, 6.07) is 14.8. The molecular formula is C16H18N2O4S. The molecule has 5 N–H and O–H groups in total. The first-order chi connectivity index (χ1) is 10.7. The molecule has 2 aromatic rings. The SMILES string of the molecule is NC(=O)C(O)(c1ccccc1)c1ccc(CCS(N)(=O)=O)cc1. The second-order valence-electron chi connectivity index (χ2n) is 5.25.